The van der Waals surface area contributed by atoms with Gasteiger partial charge in [-0.25, -0.2) is 9.97 Å². The summed E-state index contributed by atoms with van der Waals surface area (Å²) in [4.78, 5) is 8.50. The van der Waals surface area contributed by atoms with Crippen molar-refractivity contribution in [1.82, 2.24) is 9.97 Å². The van der Waals surface area contributed by atoms with Gasteiger partial charge in [0.1, 0.15) is 17.5 Å². The number of nitrogens with one attached hydrogen (secondary N) is 1. The third-order valence-electron chi connectivity index (χ3n) is 3.54. The van der Waals surface area contributed by atoms with Crippen molar-refractivity contribution < 1.29 is 5.11 Å². The Kier molecular flexibility index (Phi) is 3.19. The molecule has 1 aliphatic carbocycles. The van der Waals surface area contributed by atoms with E-state index in [9.17, 15) is 5.11 Å². The van der Waals surface area contributed by atoms with Crippen LogP contribution in [0.5, 0.6) is 0 Å². The lowest BCUT2D eigenvalue weighted by atomic mass is 9.98. The molecule has 1 heterocycles. The minimum Gasteiger partial charge on any atom is -0.394 e. The number of aromatic nitrogens is 2. The predicted octanol–water partition coefficient (Wildman–Crippen LogP) is 1.39. The van der Waals surface area contributed by atoms with E-state index in [4.69, 9.17) is 5.73 Å². The van der Waals surface area contributed by atoms with Crippen LogP contribution in [-0.4, -0.2) is 27.2 Å². The number of anilines is 2. The smallest absolute Gasteiger partial charge is 0.135 e. The number of nitrogens with zero attached hydrogens (tertiary/aromatic N) is 2. The SMILES string of the molecule is Cc1nc(N)c(C)c(NC2(CO)CCCC2)n1. The zero-order chi connectivity index (χ0) is 12.5. The lowest BCUT2D eigenvalue weighted by Gasteiger charge is -2.29. The number of nitrogen functional groups attached to an aromatic ring is 1. The van der Waals surface area contributed by atoms with Gasteiger partial charge in [-0.2, -0.15) is 0 Å². The molecule has 17 heavy (non-hydrogen) atoms. The second-order valence-corrected chi connectivity index (χ2v) is 4.90. The summed E-state index contributed by atoms with van der Waals surface area (Å²) in [5.74, 6) is 1.92. The van der Waals surface area contributed by atoms with E-state index >= 15 is 0 Å². The van der Waals surface area contributed by atoms with E-state index in [1.807, 2.05) is 13.8 Å². The molecular formula is C12H20N4O. The highest BCUT2D eigenvalue weighted by Gasteiger charge is 2.33. The number of hydrogen-bond donors (Lipinski definition) is 3. The highest BCUT2D eigenvalue weighted by atomic mass is 16.3. The lowest BCUT2D eigenvalue weighted by molar-refractivity contribution is 0.213. The number of rotatable bonds is 3. The van der Waals surface area contributed by atoms with Crippen LogP contribution >= 0.6 is 0 Å². The molecule has 1 saturated carbocycles. The summed E-state index contributed by atoms with van der Waals surface area (Å²) in [5, 5.41) is 12.9. The Hall–Kier alpha value is -1.36. The Balaban J connectivity index is 2.28. The van der Waals surface area contributed by atoms with E-state index in [2.05, 4.69) is 15.3 Å². The van der Waals surface area contributed by atoms with Gasteiger partial charge in [-0.1, -0.05) is 12.8 Å². The fraction of sp³-hybridized carbons (Fsp3) is 0.667. The Morgan fingerprint density at radius 2 is 1.94 bits per heavy atom. The van der Waals surface area contributed by atoms with Gasteiger partial charge in [-0.15, -0.1) is 0 Å². The molecule has 0 spiro atoms. The fourth-order valence-corrected chi connectivity index (χ4v) is 2.40. The normalized spacial score (nSPS) is 18.3. The molecule has 5 heteroatoms. The fourth-order valence-electron chi connectivity index (χ4n) is 2.40. The molecule has 1 aromatic rings. The quantitative estimate of drug-likeness (QED) is 0.738. The molecule has 0 aliphatic heterocycles. The Morgan fingerprint density at radius 3 is 2.53 bits per heavy atom. The van der Waals surface area contributed by atoms with Crippen LogP contribution in [0.25, 0.3) is 0 Å². The van der Waals surface area contributed by atoms with Crippen molar-refractivity contribution in [1.29, 1.82) is 0 Å². The zero-order valence-electron chi connectivity index (χ0n) is 10.5. The van der Waals surface area contributed by atoms with E-state index in [0.717, 1.165) is 37.1 Å². The van der Waals surface area contributed by atoms with E-state index < -0.39 is 0 Å². The molecule has 94 valence electrons. The number of aryl methyl sites for hydroxylation is 1. The van der Waals surface area contributed by atoms with Crippen LogP contribution in [-0.2, 0) is 0 Å². The monoisotopic (exact) mass is 236 g/mol. The Bertz CT molecular complexity index is 413. The first kappa shape index (κ1) is 12.1. The largest absolute Gasteiger partial charge is 0.394 e. The van der Waals surface area contributed by atoms with Gasteiger partial charge < -0.3 is 16.2 Å². The van der Waals surface area contributed by atoms with Gasteiger partial charge in [-0.05, 0) is 26.7 Å². The van der Waals surface area contributed by atoms with Crippen LogP contribution in [0.2, 0.25) is 0 Å². The van der Waals surface area contributed by atoms with E-state index in [1.54, 1.807) is 0 Å². The molecule has 0 unspecified atom stereocenters. The molecule has 5 nitrogen and oxygen atoms in total. The van der Waals surface area contributed by atoms with Crippen molar-refractivity contribution in [2.45, 2.75) is 45.1 Å². The predicted molar refractivity (Wildman–Crippen MR) is 67.8 cm³/mol. The average Bonchev–Trinajstić information content (AvgIpc) is 2.74. The number of nitrogens with two attached hydrogens (primary N) is 1. The van der Waals surface area contributed by atoms with Crippen LogP contribution in [0, 0.1) is 13.8 Å². The molecule has 1 fully saturated rings. The van der Waals surface area contributed by atoms with Crippen LogP contribution < -0.4 is 11.1 Å². The Morgan fingerprint density at radius 1 is 1.29 bits per heavy atom. The minimum atomic E-state index is -0.224. The summed E-state index contributed by atoms with van der Waals surface area (Å²) < 4.78 is 0. The maximum absolute atomic E-state index is 9.57. The summed E-state index contributed by atoms with van der Waals surface area (Å²) in [6, 6.07) is 0. The van der Waals surface area contributed by atoms with E-state index in [0.29, 0.717) is 11.6 Å². The molecule has 2 rings (SSSR count). The van der Waals surface area contributed by atoms with Crippen LogP contribution in [0.4, 0.5) is 11.6 Å². The van der Waals surface area contributed by atoms with Crippen molar-refractivity contribution in [2.75, 3.05) is 17.7 Å². The average molecular weight is 236 g/mol. The van der Waals surface area contributed by atoms with Crippen LogP contribution in [0.3, 0.4) is 0 Å². The maximum atomic E-state index is 9.57. The second kappa shape index (κ2) is 4.49. The van der Waals surface area contributed by atoms with Gasteiger partial charge >= 0.3 is 0 Å². The van der Waals surface area contributed by atoms with Crippen molar-refractivity contribution in [3.05, 3.63) is 11.4 Å². The van der Waals surface area contributed by atoms with E-state index in [1.165, 1.54) is 0 Å². The summed E-state index contributed by atoms with van der Waals surface area (Å²) in [6.07, 6.45) is 4.25. The van der Waals surface area contributed by atoms with E-state index in [-0.39, 0.29) is 12.1 Å². The maximum Gasteiger partial charge on any atom is 0.135 e. The second-order valence-electron chi connectivity index (χ2n) is 4.90. The molecule has 0 aromatic carbocycles. The third kappa shape index (κ3) is 2.34. The van der Waals surface area contributed by atoms with Crippen LogP contribution in [0.1, 0.15) is 37.1 Å². The summed E-state index contributed by atoms with van der Waals surface area (Å²) in [7, 11) is 0. The lowest BCUT2D eigenvalue weighted by Crippen LogP contribution is -2.39. The summed E-state index contributed by atoms with van der Waals surface area (Å²) in [5.41, 5.74) is 6.46. The van der Waals surface area contributed by atoms with Crippen molar-refractivity contribution in [3.8, 4) is 0 Å². The van der Waals surface area contributed by atoms with Gasteiger partial charge in [0.15, 0.2) is 0 Å². The van der Waals surface area contributed by atoms with Crippen LogP contribution in [0.15, 0.2) is 0 Å². The van der Waals surface area contributed by atoms with Gasteiger partial charge in [-0.3, -0.25) is 0 Å². The molecule has 0 amide bonds. The van der Waals surface area contributed by atoms with Crippen molar-refractivity contribution in [3.63, 3.8) is 0 Å². The molecule has 0 saturated heterocycles. The molecule has 1 aromatic heterocycles. The molecule has 0 atom stereocenters. The molecule has 0 radical (unpaired) electrons. The molecular weight excluding hydrogens is 216 g/mol. The first-order chi connectivity index (χ1) is 8.06. The Labute approximate surface area is 101 Å². The first-order valence-electron chi connectivity index (χ1n) is 6.06. The summed E-state index contributed by atoms with van der Waals surface area (Å²) >= 11 is 0. The van der Waals surface area contributed by atoms with Gasteiger partial charge in [0.25, 0.3) is 0 Å². The number of hydrogen-bond acceptors (Lipinski definition) is 5. The van der Waals surface area contributed by atoms with Gasteiger partial charge in [0, 0.05) is 5.56 Å². The van der Waals surface area contributed by atoms with Gasteiger partial charge in [0.2, 0.25) is 0 Å². The summed E-state index contributed by atoms with van der Waals surface area (Å²) in [6.45, 7) is 3.85. The zero-order valence-corrected chi connectivity index (χ0v) is 10.5. The standard InChI is InChI=1S/C12H20N4O/c1-8-10(13)14-9(2)15-11(8)16-12(7-17)5-3-4-6-12/h17H,3-7H2,1-2H3,(H3,13,14,15,16). The minimum absolute atomic E-state index is 0.134. The van der Waals surface area contributed by atoms with Crippen molar-refractivity contribution in [2.24, 2.45) is 0 Å². The topological polar surface area (TPSA) is 84.1 Å². The van der Waals surface area contributed by atoms with Crippen molar-refractivity contribution >= 4 is 11.6 Å². The molecule has 4 N–H and O–H groups in total. The first-order valence-corrected chi connectivity index (χ1v) is 6.06. The number of aliphatic hydroxyl groups excluding tert-OH is 1. The highest BCUT2D eigenvalue weighted by Crippen LogP contribution is 2.33. The molecule has 1 aliphatic rings. The third-order valence-corrected chi connectivity index (χ3v) is 3.54. The van der Waals surface area contributed by atoms with Gasteiger partial charge in [0.05, 0.1) is 12.1 Å². The molecule has 0 bridgehead atoms. The highest BCUT2D eigenvalue weighted by molar-refractivity contribution is 5.56. The number of aliphatic hydroxyl groups is 1.